The molecule has 2 N–H and O–H groups in total. The van der Waals surface area contributed by atoms with E-state index in [4.69, 9.17) is 9.47 Å². The quantitative estimate of drug-likeness (QED) is 0.515. The second kappa shape index (κ2) is 12.7. The van der Waals surface area contributed by atoms with Crippen LogP contribution in [0.2, 0.25) is 0 Å². The van der Waals surface area contributed by atoms with Gasteiger partial charge in [0.2, 0.25) is 11.5 Å². The Morgan fingerprint density at radius 2 is 2.08 bits per heavy atom. The van der Waals surface area contributed by atoms with Gasteiger partial charge in [-0.15, -0.1) is 12.4 Å². The maximum atomic E-state index is 13.8. The minimum absolute atomic E-state index is 0. The van der Waals surface area contributed by atoms with Crippen LogP contribution in [0.4, 0.5) is 5.69 Å². The van der Waals surface area contributed by atoms with E-state index in [2.05, 4.69) is 10.6 Å². The highest BCUT2D eigenvalue weighted by atomic mass is 35.5. The van der Waals surface area contributed by atoms with E-state index in [-0.39, 0.29) is 55.4 Å². The Hall–Kier alpha value is -2.36. The molecule has 2 atom stereocenters. The van der Waals surface area contributed by atoms with Crippen LogP contribution < -0.4 is 20.3 Å². The number of hydrogen-bond acceptors (Lipinski definition) is 6. The van der Waals surface area contributed by atoms with E-state index in [0.717, 1.165) is 31.5 Å². The summed E-state index contributed by atoms with van der Waals surface area (Å²) in [5.74, 6) is 0.123. The number of nitrogens with zero attached hydrogens (tertiary/aromatic N) is 2. The number of halogens is 1. The number of carbonyl (C=O) groups excluding carboxylic acids is 3. The molecule has 3 amide bonds. The molecule has 0 spiro atoms. The zero-order chi connectivity index (χ0) is 25.8. The van der Waals surface area contributed by atoms with Crippen LogP contribution >= 0.6 is 12.4 Å². The zero-order valence-electron chi connectivity index (χ0n) is 22.3. The Bertz CT molecular complexity index is 951. The minimum atomic E-state index is -1.20. The lowest BCUT2D eigenvalue weighted by Crippen LogP contribution is -2.58. The zero-order valence-corrected chi connectivity index (χ0v) is 23.1. The third-order valence-electron chi connectivity index (χ3n) is 6.71. The first-order chi connectivity index (χ1) is 16.6. The average molecular weight is 525 g/mol. The van der Waals surface area contributed by atoms with Gasteiger partial charge < -0.3 is 29.9 Å². The molecule has 1 aromatic carbocycles. The molecule has 1 aromatic rings. The van der Waals surface area contributed by atoms with Crippen LogP contribution in [0.15, 0.2) is 12.1 Å². The molecule has 1 unspecified atom stereocenters. The lowest BCUT2D eigenvalue weighted by atomic mass is 9.97. The summed E-state index contributed by atoms with van der Waals surface area (Å²) < 4.78 is 11.4. The topological polar surface area (TPSA) is 100 Å². The van der Waals surface area contributed by atoms with Crippen molar-refractivity contribution < 1.29 is 23.9 Å². The van der Waals surface area contributed by atoms with Gasteiger partial charge in [0.25, 0.3) is 11.8 Å². The van der Waals surface area contributed by atoms with Crippen LogP contribution in [-0.4, -0.2) is 80.2 Å². The summed E-state index contributed by atoms with van der Waals surface area (Å²) in [4.78, 5) is 42.7. The molecule has 9 nitrogen and oxygen atoms in total. The van der Waals surface area contributed by atoms with E-state index in [1.807, 2.05) is 31.7 Å². The van der Waals surface area contributed by atoms with Gasteiger partial charge in [-0.3, -0.25) is 14.4 Å². The van der Waals surface area contributed by atoms with Crippen LogP contribution in [0.5, 0.6) is 5.75 Å². The molecule has 1 saturated heterocycles. The number of benzene rings is 1. The second-order valence-corrected chi connectivity index (χ2v) is 9.87. The van der Waals surface area contributed by atoms with Gasteiger partial charge in [-0.2, -0.15) is 0 Å². The molecule has 1 fully saturated rings. The highest BCUT2D eigenvalue weighted by Crippen LogP contribution is 2.40. The maximum absolute atomic E-state index is 13.8. The van der Waals surface area contributed by atoms with Crippen molar-refractivity contribution in [2.24, 2.45) is 0 Å². The lowest BCUT2D eigenvalue weighted by Gasteiger charge is -2.41. The Kier molecular flexibility index (Phi) is 10.6. The Labute approximate surface area is 220 Å². The first-order valence-corrected chi connectivity index (χ1v) is 12.6. The highest BCUT2D eigenvalue weighted by molar-refractivity contribution is 6.05. The summed E-state index contributed by atoms with van der Waals surface area (Å²) in [6.07, 6.45) is 2.36. The molecule has 2 aliphatic rings. The Balaban J connectivity index is 0.00000456. The van der Waals surface area contributed by atoms with Crippen molar-refractivity contribution in [3.05, 3.63) is 23.3 Å². The second-order valence-electron chi connectivity index (χ2n) is 9.87. The van der Waals surface area contributed by atoms with Crippen molar-refractivity contribution in [3.63, 3.8) is 0 Å². The predicted molar refractivity (Wildman–Crippen MR) is 142 cm³/mol. The standard InChI is InChI=1S/C26H40N4O5.ClH/c1-7-23(31)28-11-12-29-21-14-20(24(32)30(17(2)3)19-9-8-10-27-15-19)18(4)13-22(21)35-26(5,16-34-6)25(29)33;/h13-14,17,19,27H,7-12,15-16H2,1-6H3,(H,28,31);1H/t19-,26?;/m1./s1. The van der Waals surface area contributed by atoms with Crippen LogP contribution in [0, 0.1) is 6.92 Å². The molecule has 0 aromatic heterocycles. The number of amides is 3. The fourth-order valence-electron chi connectivity index (χ4n) is 4.93. The third-order valence-corrected chi connectivity index (χ3v) is 6.71. The van der Waals surface area contributed by atoms with Crippen molar-refractivity contribution in [1.82, 2.24) is 15.5 Å². The van der Waals surface area contributed by atoms with Gasteiger partial charge in [-0.1, -0.05) is 6.92 Å². The summed E-state index contributed by atoms with van der Waals surface area (Å²) in [5.41, 5.74) is 0.675. The SMILES string of the molecule is CCC(=O)NCCN1C(=O)C(C)(COC)Oc2cc(C)c(C(=O)N(C(C)C)[C@@H]3CCCNC3)cc21.Cl. The Morgan fingerprint density at radius 3 is 2.67 bits per heavy atom. The normalized spacial score (nSPS) is 21.4. The van der Waals surface area contributed by atoms with Crippen LogP contribution in [0.1, 0.15) is 62.9 Å². The summed E-state index contributed by atoms with van der Waals surface area (Å²) in [5, 5.41) is 6.23. The molecule has 202 valence electrons. The van der Waals surface area contributed by atoms with Crippen molar-refractivity contribution in [3.8, 4) is 5.75 Å². The number of ether oxygens (including phenoxy) is 2. The van der Waals surface area contributed by atoms with Crippen molar-refractivity contribution in [1.29, 1.82) is 0 Å². The monoisotopic (exact) mass is 524 g/mol. The largest absolute Gasteiger partial charge is 0.473 e. The molecule has 2 heterocycles. The van der Waals surface area contributed by atoms with Gasteiger partial charge in [0, 0.05) is 50.8 Å². The summed E-state index contributed by atoms with van der Waals surface area (Å²) in [6, 6.07) is 3.75. The molecular weight excluding hydrogens is 484 g/mol. The van der Waals surface area contributed by atoms with Crippen molar-refractivity contribution in [2.75, 3.05) is 44.8 Å². The molecule has 36 heavy (non-hydrogen) atoms. The summed E-state index contributed by atoms with van der Waals surface area (Å²) >= 11 is 0. The molecule has 2 aliphatic heterocycles. The minimum Gasteiger partial charge on any atom is -0.473 e. The summed E-state index contributed by atoms with van der Waals surface area (Å²) in [6.45, 7) is 11.8. The van der Waals surface area contributed by atoms with Gasteiger partial charge in [-0.05, 0) is 64.8 Å². The molecule has 0 radical (unpaired) electrons. The summed E-state index contributed by atoms with van der Waals surface area (Å²) in [7, 11) is 1.52. The van der Waals surface area contributed by atoms with E-state index in [9.17, 15) is 14.4 Å². The first kappa shape index (κ1) is 29.9. The number of aryl methyl sites for hydroxylation is 1. The van der Waals surface area contributed by atoms with E-state index >= 15 is 0 Å². The molecule has 0 aliphatic carbocycles. The number of nitrogens with one attached hydrogen (secondary N) is 2. The van der Waals surface area contributed by atoms with Crippen molar-refractivity contribution >= 4 is 35.8 Å². The first-order valence-electron chi connectivity index (χ1n) is 12.6. The fraction of sp³-hybridized carbons (Fsp3) is 0.654. The molecule has 10 heteroatoms. The van der Waals surface area contributed by atoms with Gasteiger partial charge in [0.1, 0.15) is 5.75 Å². The van der Waals surface area contributed by atoms with Crippen LogP contribution in [0.3, 0.4) is 0 Å². The van der Waals surface area contributed by atoms with Gasteiger partial charge in [0.15, 0.2) is 0 Å². The fourth-order valence-corrected chi connectivity index (χ4v) is 4.93. The van der Waals surface area contributed by atoms with E-state index in [1.165, 1.54) is 7.11 Å². The average Bonchev–Trinajstić information content (AvgIpc) is 2.81. The molecule has 0 saturated carbocycles. The number of anilines is 1. The lowest BCUT2D eigenvalue weighted by molar-refractivity contribution is -0.138. The number of carbonyl (C=O) groups is 3. The van der Waals surface area contributed by atoms with Gasteiger partial charge in [0.05, 0.1) is 12.3 Å². The van der Waals surface area contributed by atoms with Crippen molar-refractivity contribution in [2.45, 2.75) is 71.6 Å². The van der Waals surface area contributed by atoms with E-state index in [0.29, 0.717) is 30.0 Å². The van der Waals surface area contributed by atoms with Gasteiger partial charge >= 0.3 is 0 Å². The molecule has 3 rings (SSSR count). The van der Waals surface area contributed by atoms with E-state index in [1.54, 1.807) is 24.8 Å². The number of methoxy groups -OCH3 is 1. The number of piperidine rings is 1. The van der Waals surface area contributed by atoms with Gasteiger partial charge in [-0.25, -0.2) is 0 Å². The van der Waals surface area contributed by atoms with Crippen LogP contribution in [0.25, 0.3) is 0 Å². The molecule has 0 bridgehead atoms. The highest BCUT2D eigenvalue weighted by Gasteiger charge is 2.45. The Morgan fingerprint density at radius 1 is 1.36 bits per heavy atom. The molecular formula is C26H41ClN4O5. The number of rotatable bonds is 9. The predicted octanol–water partition coefficient (Wildman–Crippen LogP) is 2.68. The smallest absolute Gasteiger partial charge is 0.273 e. The van der Waals surface area contributed by atoms with E-state index < -0.39 is 5.60 Å². The van der Waals surface area contributed by atoms with Crippen LogP contribution in [-0.2, 0) is 14.3 Å². The number of hydrogen-bond donors (Lipinski definition) is 2. The third kappa shape index (κ3) is 6.30. The maximum Gasteiger partial charge on any atom is 0.273 e. The number of fused-ring (bicyclic) bond motifs is 1.